The second-order valence-corrected chi connectivity index (χ2v) is 33.6. The minimum atomic E-state index is -0.667. The molecule has 598 valence electrons. The van der Waals surface area contributed by atoms with Gasteiger partial charge < -0.3 is 47.9 Å². The summed E-state index contributed by atoms with van der Waals surface area (Å²) in [5.74, 6) is -0.966. The van der Waals surface area contributed by atoms with Crippen molar-refractivity contribution in [3.8, 4) is 0 Å². The molecular weight excluding hydrogens is 1450 g/mol. The number of aromatic nitrogens is 2. The Balaban J connectivity index is 0.516. The predicted molar refractivity (Wildman–Crippen MR) is 463 cm³/mol. The zero-order chi connectivity index (χ0) is 81.8. The van der Waals surface area contributed by atoms with E-state index in [1.165, 1.54) is 22.3 Å². The fourth-order valence-electron chi connectivity index (χ4n) is 15.3. The van der Waals surface area contributed by atoms with E-state index in [0.29, 0.717) is 22.5 Å². The van der Waals surface area contributed by atoms with Crippen molar-refractivity contribution >= 4 is 79.1 Å². The fourth-order valence-corrected chi connectivity index (χ4v) is 15.3. The molecule has 13 aromatic rings. The zero-order valence-corrected chi connectivity index (χ0v) is 68.6. The minimum absolute atomic E-state index is 0.0111. The number of anilines is 2. The Morgan fingerprint density at radius 1 is 0.259 bits per heavy atom. The number of ether oxygens (including phenoxy) is 8. The van der Waals surface area contributed by atoms with Crippen molar-refractivity contribution in [1.82, 2.24) is 9.97 Å². The quantitative estimate of drug-likeness (QED) is 0.0144. The van der Waals surface area contributed by atoms with Crippen LogP contribution in [0.3, 0.4) is 0 Å². The van der Waals surface area contributed by atoms with Crippen LogP contribution in [0, 0.1) is 0 Å². The van der Waals surface area contributed by atoms with Gasteiger partial charge in [-0.05, 0) is 149 Å². The van der Waals surface area contributed by atoms with Gasteiger partial charge in [0.05, 0.1) is 85.8 Å². The van der Waals surface area contributed by atoms with Crippen molar-refractivity contribution in [3.05, 3.63) is 333 Å². The smallest absolute Gasteiger partial charge is 0.411 e. The first-order valence-electron chi connectivity index (χ1n) is 40.0. The van der Waals surface area contributed by atoms with Crippen molar-refractivity contribution < 1.29 is 57.1 Å². The van der Waals surface area contributed by atoms with Crippen LogP contribution in [0.25, 0.3) is 43.6 Å². The summed E-state index contributed by atoms with van der Waals surface area (Å²) in [5, 5.41) is 9.27. The van der Waals surface area contributed by atoms with E-state index in [2.05, 4.69) is 274 Å². The summed E-state index contributed by atoms with van der Waals surface area (Å²) in [7, 11) is 0. The van der Waals surface area contributed by atoms with Crippen LogP contribution in [0.5, 0.6) is 0 Å². The van der Waals surface area contributed by atoms with Gasteiger partial charge in [0.15, 0.2) is 0 Å². The fraction of sp³-hybridized carbons (Fsp3) is 0.300. The molecule has 16 heteroatoms. The molecule has 4 N–H and O–H groups in total. The van der Waals surface area contributed by atoms with Crippen molar-refractivity contribution in [3.63, 3.8) is 0 Å². The molecule has 0 fully saturated rings. The van der Waals surface area contributed by atoms with Gasteiger partial charge in [-0.2, -0.15) is 0 Å². The molecule has 0 unspecified atom stereocenters. The Morgan fingerprint density at radius 2 is 0.500 bits per heavy atom. The summed E-state index contributed by atoms with van der Waals surface area (Å²) in [5.41, 5.74) is 17.9. The van der Waals surface area contributed by atoms with Gasteiger partial charge in [0.2, 0.25) is 0 Å². The molecule has 13 rings (SSSR count). The molecule has 0 saturated carbocycles. The maximum Gasteiger partial charge on any atom is 0.411 e. The molecule has 0 saturated heterocycles. The first-order valence-corrected chi connectivity index (χ1v) is 40.0. The molecule has 0 aliphatic rings. The van der Waals surface area contributed by atoms with E-state index in [0.717, 1.165) is 88.1 Å². The molecule has 0 aliphatic heterocycles. The Morgan fingerprint density at radius 3 is 0.776 bits per heavy atom. The number of H-pyrrole nitrogens is 2. The second-order valence-electron chi connectivity index (χ2n) is 33.6. The summed E-state index contributed by atoms with van der Waals surface area (Å²) >= 11 is 0. The van der Waals surface area contributed by atoms with Crippen LogP contribution in [0.4, 0.5) is 21.0 Å². The largest absolute Gasteiger partial charge is 0.460 e. The Labute approximate surface area is 680 Å². The third-order valence-electron chi connectivity index (χ3n) is 21.7. The van der Waals surface area contributed by atoms with Gasteiger partial charge >= 0.3 is 24.1 Å². The average Bonchev–Trinajstić information content (AvgIpc) is 1.14. The van der Waals surface area contributed by atoms with Crippen molar-refractivity contribution in [2.75, 3.05) is 89.9 Å². The molecular formula is C100H106N4O12. The van der Waals surface area contributed by atoms with Crippen LogP contribution in [0.1, 0.15) is 171 Å². The first-order chi connectivity index (χ1) is 55.7. The number of benzene rings is 11. The number of amides is 2. The zero-order valence-electron chi connectivity index (χ0n) is 68.6. The number of aromatic amines is 2. The summed E-state index contributed by atoms with van der Waals surface area (Å²) in [6.07, 6.45) is -1.19. The highest BCUT2D eigenvalue weighted by atomic mass is 16.6. The van der Waals surface area contributed by atoms with Gasteiger partial charge in [0.1, 0.15) is 26.4 Å². The van der Waals surface area contributed by atoms with Crippen LogP contribution < -0.4 is 10.6 Å². The number of nitrogens with one attached hydrogen (secondary N) is 4. The highest BCUT2D eigenvalue weighted by molar-refractivity contribution is 6.22. The van der Waals surface area contributed by atoms with Gasteiger partial charge in [-0.1, -0.05) is 277 Å². The average molecular weight is 1560 g/mol. The Bertz CT molecular complexity index is 5060. The summed E-state index contributed by atoms with van der Waals surface area (Å²) in [6.45, 7) is 28.5. The van der Waals surface area contributed by atoms with Gasteiger partial charge in [-0.3, -0.25) is 10.6 Å². The number of carbonyl (C=O) groups is 4. The standard InChI is InChI=1S/C100H106N4O12/c1-95(2,3)69-25-33-75(34-26-69)99(73-19-15-13-16-20-73,76-35-27-70(28-36-76)96(4,5)6)79-41-45-81(46-42-79)101-93(107)115-63-59-111-55-53-109-57-61-113-91(105)67-23-51-87-85(65-67)83-49-50-84-86-66-68(24-52-88(86)104-90(84)89(83)103-87)92(106)114-62-58-110-54-56-112-60-64-116-94(108)102-82-47-43-80(44-48-82)100(74-21-17-14-18-22-74,77-37-29-71(30-38-77)97(7,8)9)78-39-31-72(32-40-78)98(10,11)12/h13-52,65-66,103-104H,53-64H2,1-12H3,(H,101,107)(H,102,108). The lowest BCUT2D eigenvalue weighted by atomic mass is 9.64. The number of carbonyl (C=O) groups excluding carboxylic acids is 4. The lowest BCUT2D eigenvalue weighted by Crippen LogP contribution is -2.31. The molecule has 2 amide bonds. The van der Waals surface area contributed by atoms with Gasteiger partial charge in [-0.25, -0.2) is 19.2 Å². The molecule has 16 nitrogen and oxygen atoms in total. The van der Waals surface area contributed by atoms with E-state index < -0.39 is 35.0 Å². The van der Waals surface area contributed by atoms with Gasteiger partial charge in [-0.15, -0.1) is 0 Å². The van der Waals surface area contributed by atoms with Crippen LogP contribution >= 0.6 is 0 Å². The second kappa shape index (κ2) is 35.6. The third-order valence-corrected chi connectivity index (χ3v) is 21.7. The Hall–Kier alpha value is -11.7. The van der Waals surface area contributed by atoms with E-state index >= 15 is 0 Å². The first kappa shape index (κ1) is 82.3. The lowest BCUT2D eigenvalue weighted by Gasteiger charge is -2.37. The van der Waals surface area contributed by atoms with Gasteiger partial charge in [0.25, 0.3) is 0 Å². The van der Waals surface area contributed by atoms with Crippen molar-refractivity contribution in [2.45, 2.75) is 116 Å². The molecule has 2 heterocycles. The highest BCUT2D eigenvalue weighted by Gasteiger charge is 2.41. The van der Waals surface area contributed by atoms with E-state index in [1.807, 2.05) is 72.8 Å². The van der Waals surface area contributed by atoms with Crippen LogP contribution in [0.2, 0.25) is 0 Å². The molecule has 116 heavy (non-hydrogen) atoms. The topological polar surface area (TPSA) is 198 Å². The molecule has 11 aromatic carbocycles. The van der Waals surface area contributed by atoms with Crippen LogP contribution in [-0.4, -0.2) is 113 Å². The molecule has 0 spiro atoms. The third kappa shape index (κ3) is 18.7. The lowest BCUT2D eigenvalue weighted by molar-refractivity contribution is 0.00795. The number of esters is 2. The SMILES string of the molecule is CC(C)(C)c1ccc(C(c2ccccc2)(c2ccc(NC(=O)OCCOCCOCCOC(=O)c3ccc4[nH]c5c(ccc6c7cc(C(=O)OCCOCCOCCOC(=O)Nc8ccc(C(c9ccccc9)(c9ccc(C(C)(C)C)cc9)c9ccc(C(C)(C)C)cc9)cc8)ccc7[nH]c65)c4c3)cc2)c2ccc(C(C)(C)C)cc2)cc1. The normalized spacial score (nSPS) is 12.3. The van der Waals surface area contributed by atoms with Crippen LogP contribution in [-0.2, 0) is 70.4 Å². The predicted octanol–water partition coefficient (Wildman–Crippen LogP) is 21.8. The summed E-state index contributed by atoms with van der Waals surface area (Å²) < 4.78 is 45.0. The molecule has 2 aromatic heterocycles. The van der Waals surface area contributed by atoms with Crippen molar-refractivity contribution in [1.29, 1.82) is 0 Å². The molecule has 0 aliphatic carbocycles. The highest BCUT2D eigenvalue weighted by Crippen LogP contribution is 2.49. The van der Waals surface area contributed by atoms with E-state index in [4.69, 9.17) is 37.9 Å². The molecule has 0 radical (unpaired) electrons. The van der Waals surface area contributed by atoms with Crippen LogP contribution in [0.15, 0.2) is 255 Å². The van der Waals surface area contributed by atoms with E-state index in [9.17, 15) is 19.2 Å². The Kier molecular flexibility index (Phi) is 25.3. The van der Waals surface area contributed by atoms with Gasteiger partial charge in [0, 0.05) is 44.0 Å². The number of hydrogen-bond acceptors (Lipinski definition) is 12. The maximum absolute atomic E-state index is 13.3. The number of fused-ring (bicyclic) bond motifs is 7. The molecule has 0 atom stereocenters. The van der Waals surface area contributed by atoms with E-state index in [-0.39, 0.29) is 101 Å². The minimum Gasteiger partial charge on any atom is -0.460 e. The molecule has 0 bridgehead atoms. The summed E-state index contributed by atoms with van der Waals surface area (Å²) in [4.78, 5) is 59.8. The monoisotopic (exact) mass is 1550 g/mol. The maximum atomic E-state index is 13.3. The van der Waals surface area contributed by atoms with Crippen molar-refractivity contribution in [2.24, 2.45) is 0 Å². The van der Waals surface area contributed by atoms with E-state index in [1.54, 1.807) is 12.1 Å². The number of hydrogen-bond donors (Lipinski definition) is 4. The number of rotatable bonds is 30. The summed E-state index contributed by atoms with van der Waals surface area (Å²) in [6, 6.07) is 87.9.